The summed E-state index contributed by atoms with van der Waals surface area (Å²) in [4.78, 5) is 13.8. The van der Waals surface area contributed by atoms with Gasteiger partial charge in [0.15, 0.2) is 5.84 Å². The number of carbonyl (C=O) groups is 1. The van der Waals surface area contributed by atoms with Crippen molar-refractivity contribution in [2.45, 2.75) is 6.42 Å². The molecule has 6 nitrogen and oxygen atoms in total. The molecule has 0 unspecified atom stereocenters. The maximum atomic E-state index is 12.1. The Morgan fingerprint density at radius 3 is 2.79 bits per heavy atom. The number of ether oxygens (including phenoxy) is 1. The van der Waals surface area contributed by atoms with Gasteiger partial charge in [-0.1, -0.05) is 17.3 Å². The van der Waals surface area contributed by atoms with E-state index in [0.717, 1.165) is 6.42 Å². The van der Waals surface area contributed by atoms with Gasteiger partial charge in [-0.3, -0.25) is 4.79 Å². The smallest absolute Gasteiger partial charge is 0.253 e. The molecule has 0 aliphatic carbocycles. The second-order valence-electron chi connectivity index (χ2n) is 4.14. The van der Waals surface area contributed by atoms with Crippen molar-refractivity contribution >= 4 is 11.7 Å². The molecule has 1 aromatic rings. The lowest BCUT2D eigenvalue weighted by Crippen LogP contribution is -2.28. The normalized spacial score (nSPS) is 11.4. The summed E-state index contributed by atoms with van der Waals surface area (Å²) in [6.07, 6.45) is 0.776. The second-order valence-corrected chi connectivity index (χ2v) is 4.14. The lowest BCUT2D eigenvalue weighted by molar-refractivity contribution is 0.0779. The molecule has 0 atom stereocenters. The average molecular weight is 265 g/mol. The van der Waals surface area contributed by atoms with Crippen LogP contribution in [-0.4, -0.2) is 49.2 Å². The van der Waals surface area contributed by atoms with Gasteiger partial charge in [0.25, 0.3) is 5.91 Å². The number of benzene rings is 1. The van der Waals surface area contributed by atoms with Gasteiger partial charge in [0, 0.05) is 38.4 Å². The van der Waals surface area contributed by atoms with Crippen molar-refractivity contribution < 1.29 is 14.7 Å². The quantitative estimate of drug-likeness (QED) is 0.263. The van der Waals surface area contributed by atoms with E-state index in [1.807, 2.05) is 0 Å². The predicted octanol–water partition coefficient (Wildman–Crippen LogP) is 0.890. The minimum atomic E-state index is -0.108. The van der Waals surface area contributed by atoms with Crippen LogP contribution in [0.25, 0.3) is 0 Å². The van der Waals surface area contributed by atoms with Crippen LogP contribution in [0.15, 0.2) is 29.4 Å². The molecule has 0 radical (unpaired) electrons. The molecular weight excluding hydrogens is 246 g/mol. The van der Waals surface area contributed by atoms with Crippen molar-refractivity contribution in [3.8, 4) is 0 Å². The summed E-state index contributed by atoms with van der Waals surface area (Å²) in [7, 11) is 3.36. The highest BCUT2D eigenvalue weighted by Gasteiger charge is 2.12. The first-order valence-electron chi connectivity index (χ1n) is 5.92. The van der Waals surface area contributed by atoms with Crippen LogP contribution < -0.4 is 5.73 Å². The van der Waals surface area contributed by atoms with Crippen LogP contribution in [-0.2, 0) is 4.74 Å². The summed E-state index contributed by atoms with van der Waals surface area (Å²) in [5.74, 6) is -0.125. The Labute approximate surface area is 112 Å². The largest absolute Gasteiger partial charge is 0.409 e. The van der Waals surface area contributed by atoms with Crippen molar-refractivity contribution in [1.29, 1.82) is 0 Å². The maximum absolute atomic E-state index is 12.1. The summed E-state index contributed by atoms with van der Waals surface area (Å²) in [5.41, 5.74) is 6.51. The first-order chi connectivity index (χ1) is 9.10. The van der Waals surface area contributed by atoms with Crippen LogP contribution in [0.1, 0.15) is 22.3 Å². The van der Waals surface area contributed by atoms with Gasteiger partial charge in [-0.05, 0) is 18.6 Å². The Bertz CT molecular complexity index is 460. The number of amides is 1. The van der Waals surface area contributed by atoms with Crippen molar-refractivity contribution in [3.63, 3.8) is 0 Å². The van der Waals surface area contributed by atoms with Crippen LogP contribution >= 0.6 is 0 Å². The first kappa shape index (κ1) is 15.0. The van der Waals surface area contributed by atoms with Crippen LogP contribution in [0, 0.1) is 0 Å². The number of hydrogen-bond acceptors (Lipinski definition) is 4. The molecule has 0 heterocycles. The zero-order valence-electron chi connectivity index (χ0n) is 11.2. The Kier molecular flexibility index (Phi) is 5.81. The van der Waals surface area contributed by atoms with E-state index >= 15 is 0 Å². The molecule has 0 aliphatic heterocycles. The fraction of sp³-hybridized carbons (Fsp3) is 0.385. The predicted molar refractivity (Wildman–Crippen MR) is 72.4 cm³/mol. The van der Waals surface area contributed by atoms with Gasteiger partial charge < -0.3 is 20.6 Å². The molecular formula is C13H19N3O3. The Morgan fingerprint density at radius 1 is 1.47 bits per heavy atom. The van der Waals surface area contributed by atoms with Gasteiger partial charge in [-0.15, -0.1) is 0 Å². The zero-order chi connectivity index (χ0) is 14.3. The van der Waals surface area contributed by atoms with Crippen molar-refractivity contribution in [3.05, 3.63) is 35.4 Å². The fourth-order valence-electron chi connectivity index (χ4n) is 1.64. The molecule has 19 heavy (non-hydrogen) atoms. The lowest BCUT2D eigenvalue weighted by atomic mass is 10.1. The Balaban J connectivity index is 2.76. The molecule has 0 saturated heterocycles. The maximum Gasteiger partial charge on any atom is 0.253 e. The monoisotopic (exact) mass is 265 g/mol. The Morgan fingerprint density at radius 2 is 2.16 bits per heavy atom. The number of methoxy groups -OCH3 is 1. The molecule has 1 amide bonds. The number of oxime groups is 1. The molecule has 3 N–H and O–H groups in total. The van der Waals surface area contributed by atoms with E-state index in [9.17, 15) is 4.79 Å². The number of hydrogen-bond donors (Lipinski definition) is 2. The van der Waals surface area contributed by atoms with Gasteiger partial charge >= 0.3 is 0 Å². The Hall–Kier alpha value is -2.08. The molecule has 6 heteroatoms. The third-order valence-corrected chi connectivity index (χ3v) is 2.70. The molecule has 0 spiro atoms. The number of amidine groups is 1. The average Bonchev–Trinajstić information content (AvgIpc) is 2.45. The second kappa shape index (κ2) is 7.38. The van der Waals surface area contributed by atoms with E-state index in [4.69, 9.17) is 15.7 Å². The molecule has 104 valence electrons. The van der Waals surface area contributed by atoms with Crippen molar-refractivity contribution in [2.24, 2.45) is 10.9 Å². The summed E-state index contributed by atoms with van der Waals surface area (Å²) >= 11 is 0. The van der Waals surface area contributed by atoms with E-state index < -0.39 is 0 Å². The molecule has 0 saturated carbocycles. The van der Waals surface area contributed by atoms with Gasteiger partial charge in [0.05, 0.1) is 0 Å². The lowest BCUT2D eigenvalue weighted by Gasteiger charge is -2.17. The standard InChI is InChI=1S/C13H19N3O3/c1-16(7-4-8-19-2)13(17)11-6-3-5-10(9-11)12(14)15-18/h3,5-6,9,18H,4,7-8H2,1-2H3,(H2,14,15). The topological polar surface area (TPSA) is 88.2 Å². The van der Waals surface area contributed by atoms with E-state index in [0.29, 0.717) is 24.3 Å². The fourth-order valence-corrected chi connectivity index (χ4v) is 1.64. The SMILES string of the molecule is COCCCN(C)C(=O)c1cccc(C(N)=NO)c1. The summed E-state index contributed by atoms with van der Waals surface area (Å²) in [6.45, 7) is 1.22. The van der Waals surface area contributed by atoms with E-state index in [1.54, 1.807) is 43.3 Å². The summed E-state index contributed by atoms with van der Waals surface area (Å²) in [5, 5.41) is 11.5. The number of nitrogens with two attached hydrogens (primary N) is 1. The van der Waals surface area contributed by atoms with Crippen LogP contribution in [0.5, 0.6) is 0 Å². The molecule has 0 aliphatic rings. The molecule has 1 aromatic carbocycles. The van der Waals surface area contributed by atoms with Gasteiger partial charge in [-0.2, -0.15) is 0 Å². The molecule has 1 rings (SSSR count). The molecule has 0 bridgehead atoms. The number of nitrogens with zero attached hydrogens (tertiary/aromatic N) is 2. The van der Waals surface area contributed by atoms with E-state index in [-0.39, 0.29) is 11.7 Å². The first-order valence-corrected chi connectivity index (χ1v) is 5.92. The van der Waals surface area contributed by atoms with Gasteiger partial charge in [0.2, 0.25) is 0 Å². The highest BCUT2D eigenvalue weighted by atomic mass is 16.5. The number of rotatable bonds is 6. The molecule has 0 fully saturated rings. The van der Waals surface area contributed by atoms with Gasteiger partial charge in [-0.25, -0.2) is 0 Å². The molecule has 0 aromatic heterocycles. The zero-order valence-corrected chi connectivity index (χ0v) is 11.2. The highest BCUT2D eigenvalue weighted by Crippen LogP contribution is 2.08. The third kappa shape index (κ3) is 4.26. The third-order valence-electron chi connectivity index (χ3n) is 2.70. The minimum absolute atomic E-state index is 0.0170. The number of carbonyl (C=O) groups excluding carboxylic acids is 1. The van der Waals surface area contributed by atoms with E-state index in [1.165, 1.54) is 0 Å². The van der Waals surface area contributed by atoms with Crippen molar-refractivity contribution in [2.75, 3.05) is 27.3 Å². The minimum Gasteiger partial charge on any atom is -0.409 e. The highest BCUT2D eigenvalue weighted by molar-refractivity contribution is 6.01. The van der Waals surface area contributed by atoms with Crippen LogP contribution in [0.2, 0.25) is 0 Å². The summed E-state index contributed by atoms with van der Waals surface area (Å²) < 4.78 is 4.94. The van der Waals surface area contributed by atoms with Gasteiger partial charge in [0.1, 0.15) is 0 Å². The van der Waals surface area contributed by atoms with Crippen LogP contribution in [0.3, 0.4) is 0 Å². The van der Waals surface area contributed by atoms with Crippen molar-refractivity contribution in [1.82, 2.24) is 4.90 Å². The summed E-state index contributed by atoms with van der Waals surface area (Å²) in [6, 6.07) is 6.67. The van der Waals surface area contributed by atoms with E-state index in [2.05, 4.69) is 5.16 Å². The van der Waals surface area contributed by atoms with Crippen LogP contribution in [0.4, 0.5) is 0 Å².